The molecule has 0 saturated carbocycles. The minimum Gasteiger partial charge on any atom is -0.457 e. The Balaban J connectivity index is 1.66. The fourth-order valence-corrected chi connectivity index (χ4v) is 1.73. The highest BCUT2D eigenvalue weighted by Gasteiger charge is 2.19. The minimum absolute atomic E-state index is 0.0831. The average molecular weight is 258 g/mol. The number of nitrogens with one attached hydrogen (secondary N) is 1. The van der Waals surface area contributed by atoms with Crippen LogP contribution in [-0.4, -0.2) is 18.6 Å². The molecule has 0 aromatic heterocycles. The van der Waals surface area contributed by atoms with Crippen molar-refractivity contribution in [1.82, 2.24) is 0 Å². The van der Waals surface area contributed by atoms with Crippen LogP contribution in [0.5, 0.6) is 11.5 Å². The number of aliphatic hydroxyl groups is 1. The molecule has 3 rings (SSSR count). The highest BCUT2D eigenvalue weighted by Crippen LogP contribution is 2.28. The molecule has 1 aliphatic rings. The molecule has 1 aliphatic heterocycles. The first kappa shape index (κ1) is 11.8. The van der Waals surface area contributed by atoms with Gasteiger partial charge in [-0.1, -0.05) is 0 Å². The predicted molar refractivity (Wildman–Crippen MR) is 72.1 cm³/mol. The van der Waals surface area contributed by atoms with Gasteiger partial charge in [0.05, 0.1) is 5.69 Å². The third kappa shape index (κ3) is 2.96. The van der Waals surface area contributed by atoms with E-state index in [4.69, 9.17) is 14.7 Å². The maximum atomic E-state index is 8.74. The zero-order valence-electron chi connectivity index (χ0n) is 10.2. The molecule has 5 heteroatoms. The fourth-order valence-electron chi connectivity index (χ4n) is 1.73. The third-order valence-electron chi connectivity index (χ3n) is 2.76. The Labute approximate surface area is 110 Å². The molecule has 2 N–H and O–H groups in total. The van der Waals surface area contributed by atoms with Crippen molar-refractivity contribution < 1.29 is 14.7 Å². The Morgan fingerprint density at radius 3 is 2.16 bits per heavy atom. The maximum Gasteiger partial charge on any atom is 0.171 e. The van der Waals surface area contributed by atoms with Crippen LogP contribution >= 0.6 is 0 Å². The van der Waals surface area contributed by atoms with Crippen molar-refractivity contribution in [2.45, 2.75) is 0 Å². The molecule has 0 amide bonds. The van der Waals surface area contributed by atoms with E-state index >= 15 is 0 Å². The summed E-state index contributed by atoms with van der Waals surface area (Å²) in [5.41, 5.74) is 1.87. The van der Waals surface area contributed by atoms with E-state index in [0.29, 0.717) is 6.73 Å². The summed E-state index contributed by atoms with van der Waals surface area (Å²) in [5.74, 6) is 1.52. The second-order valence-electron chi connectivity index (χ2n) is 4.09. The molecule has 0 spiro atoms. The Bertz CT molecular complexity index is 536. The second-order valence-corrected chi connectivity index (χ2v) is 4.09. The molecule has 98 valence electrons. The van der Waals surface area contributed by atoms with Crippen molar-refractivity contribution >= 4 is 11.4 Å². The summed E-state index contributed by atoms with van der Waals surface area (Å²) in [7, 11) is 0. The number of hydrogen-bond acceptors (Lipinski definition) is 5. The lowest BCUT2D eigenvalue weighted by atomic mass is 10.3. The van der Waals surface area contributed by atoms with E-state index in [-0.39, 0.29) is 6.73 Å². The highest BCUT2D eigenvalue weighted by atomic mass is 16.8. The van der Waals surface area contributed by atoms with Crippen LogP contribution in [0.1, 0.15) is 0 Å². The van der Waals surface area contributed by atoms with E-state index in [0.717, 1.165) is 22.9 Å². The van der Waals surface area contributed by atoms with Gasteiger partial charge in [-0.2, -0.15) is 0 Å². The second kappa shape index (κ2) is 5.17. The molecule has 19 heavy (non-hydrogen) atoms. The van der Waals surface area contributed by atoms with Gasteiger partial charge < -0.3 is 15.2 Å². The summed E-state index contributed by atoms with van der Waals surface area (Å²) in [6.45, 7) is 0.569. The molecule has 5 nitrogen and oxygen atoms in total. The molecule has 1 fully saturated rings. The van der Waals surface area contributed by atoms with Gasteiger partial charge in [0, 0.05) is 5.69 Å². The van der Waals surface area contributed by atoms with Gasteiger partial charge in [-0.15, -0.1) is 0 Å². The van der Waals surface area contributed by atoms with E-state index in [1.54, 1.807) is 5.06 Å². The van der Waals surface area contributed by atoms with Crippen LogP contribution in [0.15, 0.2) is 48.5 Å². The summed E-state index contributed by atoms with van der Waals surface area (Å²) in [5, 5.41) is 13.3. The molecule has 1 saturated heterocycles. The summed E-state index contributed by atoms with van der Waals surface area (Å²) < 4.78 is 5.72. The first-order chi connectivity index (χ1) is 9.35. The SMILES string of the molecule is OCNc1ccc(Oc2ccc(N3CO3)cc2)cc1. The van der Waals surface area contributed by atoms with E-state index in [1.807, 2.05) is 48.5 Å². The Morgan fingerprint density at radius 1 is 1.05 bits per heavy atom. The van der Waals surface area contributed by atoms with Crippen LogP contribution < -0.4 is 15.1 Å². The van der Waals surface area contributed by atoms with Crippen molar-refractivity contribution in [2.75, 3.05) is 23.8 Å². The fraction of sp³-hybridized carbons (Fsp3) is 0.143. The number of aliphatic hydroxyl groups excluding tert-OH is 1. The summed E-state index contributed by atoms with van der Waals surface area (Å²) in [4.78, 5) is 5.05. The van der Waals surface area contributed by atoms with Gasteiger partial charge >= 0.3 is 0 Å². The van der Waals surface area contributed by atoms with Crippen molar-refractivity contribution in [3.8, 4) is 11.5 Å². The number of benzene rings is 2. The molecular formula is C14H14N2O3. The van der Waals surface area contributed by atoms with Crippen LogP contribution in [0, 0.1) is 0 Å². The van der Waals surface area contributed by atoms with Crippen LogP contribution in [0.25, 0.3) is 0 Å². The van der Waals surface area contributed by atoms with Gasteiger partial charge in [0.2, 0.25) is 0 Å². The average Bonchev–Trinajstić information content (AvgIpc) is 3.27. The number of rotatable bonds is 5. The number of nitrogens with zero attached hydrogens (tertiary/aromatic N) is 1. The molecule has 2 aromatic rings. The Hall–Kier alpha value is -2.24. The van der Waals surface area contributed by atoms with E-state index in [9.17, 15) is 0 Å². The maximum absolute atomic E-state index is 8.74. The molecule has 0 aliphatic carbocycles. The lowest BCUT2D eigenvalue weighted by Crippen LogP contribution is -1.98. The zero-order valence-corrected chi connectivity index (χ0v) is 10.2. The van der Waals surface area contributed by atoms with Crippen molar-refractivity contribution in [1.29, 1.82) is 0 Å². The van der Waals surface area contributed by atoms with Gasteiger partial charge in [0.1, 0.15) is 18.2 Å². The number of anilines is 2. The predicted octanol–water partition coefficient (Wildman–Crippen LogP) is 2.55. The molecule has 0 bridgehead atoms. The molecule has 1 heterocycles. The van der Waals surface area contributed by atoms with Crippen molar-refractivity contribution in [2.24, 2.45) is 0 Å². The largest absolute Gasteiger partial charge is 0.457 e. The number of hydrogen-bond donors (Lipinski definition) is 2. The normalized spacial score (nSPS) is 13.2. The van der Waals surface area contributed by atoms with Crippen molar-refractivity contribution in [3.05, 3.63) is 48.5 Å². The van der Waals surface area contributed by atoms with Crippen molar-refractivity contribution in [3.63, 3.8) is 0 Å². The minimum atomic E-state index is -0.0831. The number of ether oxygens (including phenoxy) is 1. The van der Waals surface area contributed by atoms with Crippen LogP contribution in [-0.2, 0) is 4.84 Å². The Kier molecular flexibility index (Phi) is 3.22. The van der Waals surface area contributed by atoms with Crippen LogP contribution in [0.4, 0.5) is 11.4 Å². The first-order valence-corrected chi connectivity index (χ1v) is 5.98. The highest BCUT2D eigenvalue weighted by molar-refractivity contribution is 5.50. The molecule has 0 unspecified atom stereocenters. The number of hydroxylamine groups is 1. The van der Waals surface area contributed by atoms with Gasteiger partial charge in [0.15, 0.2) is 6.73 Å². The molecule has 2 aromatic carbocycles. The summed E-state index contributed by atoms with van der Waals surface area (Å²) in [6.07, 6.45) is 0. The van der Waals surface area contributed by atoms with Gasteiger partial charge in [-0.3, -0.25) is 0 Å². The lowest BCUT2D eigenvalue weighted by molar-refractivity contribution is 0.325. The van der Waals surface area contributed by atoms with Gasteiger partial charge in [-0.05, 0) is 48.5 Å². The summed E-state index contributed by atoms with van der Waals surface area (Å²) >= 11 is 0. The van der Waals surface area contributed by atoms with E-state index in [1.165, 1.54) is 0 Å². The third-order valence-corrected chi connectivity index (χ3v) is 2.76. The molecule has 0 atom stereocenters. The van der Waals surface area contributed by atoms with E-state index in [2.05, 4.69) is 5.32 Å². The van der Waals surface area contributed by atoms with Crippen LogP contribution in [0.3, 0.4) is 0 Å². The molecular weight excluding hydrogens is 244 g/mol. The van der Waals surface area contributed by atoms with Gasteiger partial charge in [-0.25, -0.2) is 9.90 Å². The zero-order chi connectivity index (χ0) is 13.1. The van der Waals surface area contributed by atoms with Gasteiger partial charge in [0.25, 0.3) is 0 Å². The monoisotopic (exact) mass is 258 g/mol. The first-order valence-electron chi connectivity index (χ1n) is 5.98. The molecule has 0 radical (unpaired) electrons. The topological polar surface area (TPSA) is 57.0 Å². The van der Waals surface area contributed by atoms with Crippen LogP contribution in [0.2, 0.25) is 0 Å². The smallest absolute Gasteiger partial charge is 0.171 e. The quantitative estimate of drug-likeness (QED) is 0.637. The Morgan fingerprint density at radius 2 is 1.63 bits per heavy atom. The van der Waals surface area contributed by atoms with E-state index < -0.39 is 0 Å². The summed E-state index contributed by atoms with van der Waals surface area (Å²) in [6, 6.07) is 15.1. The lowest BCUT2D eigenvalue weighted by Gasteiger charge is -2.08. The standard InChI is InChI=1S/C14H14N2O3/c17-9-15-11-1-5-13(6-2-11)19-14-7-3-12(4-8-14)16-10-18-16/h1-8,15,17H,9-10H2.